The van der Waals surface area contributed by atoms with Gasteiger partial charge in [0.2, 0.25) is 21.8 Å². The first-order valence-corrected chi connectivity index (χ1v) is 22.2. The van der Waals surface area contributed by atoms with E-state index in [1.807, 2.05) is 31.2 Å². The van der Waals surface area contributed by atoms with E-state index in [0.29, 0.717) is 65.4 Å². The number of amides is 4. The molecule has 4 aliphatic rings. The first-order valence-electron chi connectivity index (χ1n) is 20.7. The molecule has 320 valence electrons. The number of benzene rings is 2. The first kappa shape index (κ1) is 41.3. The molecule has 0 bridgehead atoms. The lowest BCUT2D eigenvalue weighted by Gasteiger charge is -2.30. The molecular formula is C43H50FN5O10S. The monoisotopic (exact) mass is 847 g/mol. The number of hydrogen-bond acceptors (Lipinski definition) is 11. The Morgan fingerprint density at radius 2 is 1.87 bits per heavy atom. The number of ether oxygens (including phenoxy) is 3. The summed E-state index contributed by atoms with van der Waals surface area (Å²) in [7, 11) is -3.95. The van der Waals surface area contributed by atoms with Gasteiger partial charge in [0.25, 0.3) is 5.91 Å². The van der Waals surface area contributed by atoms with Gasteiger partial charge in [-0.3, -0.25) is 19.1 Å². The molecule has 0 spiro atoms. The summed E-state index contributed by atoms with van der Waals surface area (Å²) in [4.78, 5) is 62.5. The molecule has 4 heterocycles. The molecule has 2 aliphatic heterocycles. The van der Waals surface area contributed by atoms with Gasteiger partial charge < -0.3 is 34.2 Å². The van der Waals surface area contributed by atoms with E-state index < -0.39 is 80.2 Å². The van der Waals surface area contributed by atoms with Crippen molar-refractivity contribution in [3.05, 3.63) is 54.4 Å². The number of furan rings is 1. The molecule has 60 heavy (non-hydrogen) atoms. The number of carbonyl (C=O) groups is 4. The first-order chi connectivity index (χ1) is 28.6. The summed E-state index contributed by atoms with van der Waals surface area (Å²) >= 11 is 0. The number of hydrogen-bond donors (Lipinski definition) is 3. The molecule has 4 amide bonds. The number of nitrogens with one attached hydrogen (secondary N) is 3. The summed E-state index contributed by atoms with van der Waals surface area (Å²) in [5.74, 6) is -2.52. The van der Waals surface area contributed by atoms with Crippen molar-refractivity contribution < 1.29 is 50.6 Å². The van der Waals surface area contributed by atoms with Gasteiger partial charge in [0.05, 0.1) is 29.3 Å². The van der Waals surface area contributed by atoms with Crippen LogP contribution in [0.3, 0.4) is 0 Å². The van der Waals surface area contributed by atoms with E-state index in [4.69, 9.17) is 23.6 Å². The van der Waals surface area contributed by atoms with Crippen LogP contribution in [0.5, 0.6) is 11.5 Å². The van der Waals surface area contributed by atoms with Crippen LogP contribution in [0.1, 0.15) is 85.5 Å². The van der Waals surface area contributed by atoms with Gasteiger partial charge in [-0.05, 0) is 96.6 Å². The molecule has 0 unspecified atom stereocenters. The third kappa shape index (κ3) is 8.32. The van der Waals surface area contributed by atoms with Crippen molar-refractivity contribution in [1.29, 1.82) is 0 Å². The van der Waals surface area contributed by atoms with Gasteiger partial charge >= 0.3 is 6.09 Å². The van der Waals surface area contributed by atoms with Crippen molar-refractivity contribution in [3.8, 4) is 11.5 Å². The fourth-order valence-electron chi connectivity index (χ4n) is 8.23. The van der Waals surface area contributed by atoms with Crippen LogP contribution in [-0.2, 0) is 29.1 Å². The highest BCUT2D eigenvalue weighted by molar-refractivity contribution is 7.91. The summed E-state index contributed by atoms with van der Waals surface area (Å²) in [5, 5.41) is 5.86. The number of rotatable bonds is 8. The number of sulfonamides is 1. The highest BCUT2D eigenvalue weighted by Gasteiger charge is 2.62. The van der Waals surface area contributed by atoms with Gasteiger partial charge in [-0.15, -0.1) is 0 Å². The Balaban J connectivity index is 1.17. The molecule has 17 heteroatoms. The average molecular weight is 848 g/mol. The van der Waals surface area contributed by atoms with Crippen LogP contribution in [0.2, 0.25) is 0 Å². The van der Waals surface area contributed by atoms with Crippen LogP contribution in [0.15, 0.2) is 53.0 Å². The third-order valence-electron chi connectivity index (χ3n) is 11.4. The zero-order valence-electron chi connectivity index (χ0n) is 34.0. The van der Waals surface area contributed by atoms with Gasteiger partial charge in [0.1, 0.15) is 40.7 Å². The van der Waals surface area contributed by atoms with E-state index in [9.17, 15) is 32.0 Å². The SMILES string of the molecule is CCOc1cccc2c1oc1c(O[C@@H]3C[C@H]4C(=O)N[C@]5(C(=O)NS(=O)(=O)C6CC6)C[C@H]5C=CCCCCC[C@H](NC(=O)OC(C)(C)C)C(=O)N4C3)c3cc(F)ccc3nc12. The van der Waals surface area contributed by atoms with Crippen molar-refractivity contribution in [2.75, 3.05) is 13.2 Å². The normalized spacial score (nSPS) is 25.2. The molecule has 2 aromatic heterocycles. The number of nitrogens with zero attached hydrogens (tertiary/aromatic N) is 2. The second-order valence-corrected chi connectivity index (χ2v) is 19.1. The Labute approximate surface area is 346 Å². The molecule has 5 atom stereocenters. The smallest absolute Gasteiger partial charge is 0.408 e. The average Bonchev–Trinajstić information content (AvgIpc) is 4.08. The molecule has 3 N–H and O–H groups in total. The van der Waals surface area contributed by atoms with Crippen molar-refractivity contribution >= 4 is 66.8 Å². The maximum atomic E-state index is 14.9. The van der Waals surface area contributed by atoms with Crippen molar-refractivity contribution in [1.82, 2.24) is 25.2 Å². The summed E-state index contributed by atoms with van der Waals surface area (Å²) in [6.07, 6.45) is 5.99. The minimum absolute atomic E-state index is 0.0830. The van der Waals surface area contributed by atoms with Gasteiger partial charge in [0, 0.05) is 17.7 Å². The number of fused-ring (bicyclic) bond motifs is 6. The lowest BCUT2D eigenvalue weighted by molar-refractivity contribution is -0.141. The number of pyridine rings is 1. The quantitative estimate of drug-likeness (QED) is 0.178. The van der Waals surface area contributed by atoms with Gasteiger partial charge in [0.15, 0.2) is 22.7 Å². The molecule has 4 aromatic rings. The number of carbonyl (C=O) groups excluding carboxylic acids is 4. The summed E-state index contributed by atoms with van der Waals surface area (Å²) in [6.45, 7) is 7.19. The Bertz CT molecular complexity index is 2510. The molecule has 2 aliphatic carbocycles. The fourth-order valence-corrected chi connectivity index (χ4v) is 9.59. The van der Waals surface area contributed by atoms with Crippen molar-refractivity contribution in [3.63, 3.8) is 0 Å². The highest BCUT2D eigenvalue weighted by atomic mass is 32.2. The Kier molecular flexibility index (Phi) is 10.9. The van der Waals surface area contributed by atoms with E-state index in [2.05, 4.69) is 15.4 Å². The van der Waals surface area contributed by atoms with E-state index in [1.54, 1.807) is 26.8 Å². The standard InChI is InChI=1S/C43H50FN5O10S/c1-5-56-33-15-11-13-28-34-37(58-35(28)33)36(29-20-25(44)16-19-30(29)45-34)57-26-21-32-38(50)47-43(40(52)48-60(54,55)27-17-18-27)22-24(43)12-9-7-6-8-10-14-31(39(51)49(32)23-26)46-41(53)59-42(2,3)4/h9,11-13,15-16,19-20,24,26-27,31-32H,5-8,10,14,17-18,21-23H2,1-4H3,(H,46,53)(H,47,50)(H,48,52)/t24-,26-,31+,32+,43-/m1/s1. The van der Waals surface area contributed by atoms with Gasteiger partial charge in [-0.1, -0.05) is 31.1 Å². The maximum absolute atomic E-state index is 14.9. The fraction of sp³-hybridized carbons (Fsp3) is 0.512. The summed E-state index contributed by atoms with van der Waals surface area (Å²) in [6, 6.07) is 7.17. The van der Waals surface area contributed by atoms with Crippen molar-refractivity contribution in [2.45, 2.75) is 120 Å². The molecule has 15 nitrogen and oxygen atoms in total. The number of alkyl carbamates (subject to hydrolysis) is 1. The largest absolute Gasteiger partial charge is 0.490 e. The molecule has 0 radical (unpaired) electrons. The molecule has 8 rings (SSSR count). The predicted molar refractivity (Wildman–Crippen MR) is 219 cm³/mol. The number of halogens is 1. The Morgan fingerprint density at radius 1 is 1.07 bits per heavy atom. The van der Waals surface area contributed by atoms with E-state index in [-0.39, 0.29) is 37.1 Å². The number of allylic oxidation sites excluding steroid dienone is 1. The van der Waals surface area contributed by atoms with Crippen LogP contribution in [0.25, 0.3) is 33.0 Å². The Hall–Kier alpha value is -5.45. The molecular weight excluding hydrogens is 798 g/mol. The topological polar surface area (TPSA) is 195 Å². The van der Waals surface area contributed by atoms with Crippen LogP contribution in [0.4, 0.5) is 9.18 Å². The summed E-state index contributed by atoms with van der Waals surface area (Å²) < 4.78 is 67.5. The zero-order chi connectivity index (χ0) is 42.6. The summed E-state index contributed by atoms with van der Waals surface area (Å²) in [5.41, 5.74) is -0.961. The third-order valence-corrected chi connectivity index (χ3v) is 13.2. The minimum atomic E-state index is -3.95. The van der Waals surface area contributed by atoms with Crippen LogP contribution < -0.4 is 24.8 Å². The lowest BCUT2D eigenvalue weighted by atomic mass is 10.0. The van der Waals surface area contributed by atoms with Gasteiger partial charge in [-0.2, -0.15) is 0 Å². The lowest BCUT2D eigenvalue weighted by Crippen LogP contribution is -2.58. The minimum Gasteiger partial charge on any atom is -0.490 e. The predicted octanol–water partition coefficient (Wildman–Crippen LogP) is 5.92. The molecule has 1 saturated heterocycles. The molecule has 2 aromatic carbocycles. The maximum Gasteiger partial charge on any atom is 0.408 e. The van der Waals surface area contributed by atoms with Crippen LogP contribution >= 0.6 is 0 Å². The zero-order valence-corrected chi connectivity index (χ0v) is 34.9. The number of aromatic nitrogens is 1. The second-order valence-electron chi connectivity index (χ2n) is 17.1. The highest BCUT2D eigenvalue weighted by Crippen LogP contribution is 2.47. The second kappa shape index (κ2) is 15.9. The molecule has 3 fully saturated rings. The van der Waals surface area contributed by atoms with Crippen LogP contribution in [0, 0.1) is 11.7 Å². The Morgan fingerprint density at radius 3 is 2.62 bits per heavy atom. The number of para-hydroxylation sites is 1. The van der Waals surface area contributed by atoms with Gasteiger partial charge in [-0.25, -0.2) is 22.6 Å². The molecule has 2 saturated carbocycles. The van der Waals surface area contributed by atoms with E-state index >= 15 is 0 Å². The van der Waals surface area contributed by atoms with E-state index in [0.717, 1.165) is 12.8 Å². The van der Waals surface area contributed by atoms with E-state index in [1.165, 1.54) is 23.1 Å². The van der Waals surface area contributed by atoms with Crippen LogP contribution in [-0.4, -0.2) is 89.8 Å². The van der Waals surface area contributed by atoms with Crippen molar-refractivity contribution in [2.24, 2.45) is 5.92 Å².